The van der Waals surface area contributed by atoms with Crippen LogP contribution < -0.4 is 0 Å². The molecule has 2 heterocycles. The molecule has 0 fully saturated rings. The zero-order valence-corrected chi connectivity index (χ0v) is 13.4. The largest absolute Gasteiger partial charge is 0.227 e. The Morgan fingerprint density at radius 3 is 2.70 bits per heavy atom. The lowest BCUT2D eigenvalue weighted by atomic mass is 10.1. The van der Waals surface area contributed by atoms with E-state index in [1.165, 1.54) is 5.56 Å². The van der Waals surface area contributed by atoms with Gasteiger partial charge in [-0.3, -0.25) is 0 Å². The highest BCUT2D eigenvalue weighted by molar-refractivity contribution is 7.13. The molecule has 0 aliphatic heterocycles. The van der Waals surface area contributed by atoms with Crippen LogP contribution in [0.2, 0.25) is 10.2 Å². The van der Waals surface area contributed by atoms with Crippen LogP contribution in [0.1, 0.15) is 18.1 Å². The van der Waals surface area contributed by atoms with Gasteiger partial charge in [-0.15, -0.1) is 11.3 Å². The van der Waals surface area contributed by atoms with Crippen molar-refractivity contribution in [2.24, 2.45) is 0 Å². The zero-order chi connectivity index (χ0) is 14.3. The van der Waals surface area contributed by atoms with Crippen LogP contribution >= 0.6 is 34.5 Å². The lowest BCUT2D eigenvalue weighted by molar-refractivity contribution is 1.14. The lowest BCUT2D eigenvalue weighted by Crippen LogP contribution is -1.94. The fraction of sp³-hybridized carbons (Fsp3) is 0.200. The van der Waals surface area contributed by atoms with Crippen LogP contribution in [0.3, 0.4) is 0 Å². The van der Waals surface area contributed by atoms with E-state index in [1.54, 1.807) is 11.3 Å². The third-order valence-electron chi connectivity index (χ3n) is 3.34. The minimum absolute atomic E-state index is 0.472. The highest BCUT2D eigenvalue weighted by Crippen LogP contribution is 2.33. The topological polar surface area (TPSA) is 25.8 Å². The first kappa shape index (κ1) is 13.8. The number of aromatic nitrogens is 2. The molecule has 0 unspecified atom stereocenters. The van der Waals surface area contributed by atoms with E-state index in [-0.39, 0.29) is 0 Å². The van der Waals surface area contributed by atoms with Gasteiger partial charge in [-0.1, -0.05) is 30.1 Å². The number of aryl methyl sites for hydroxylation is 2. The van der Waals surface area contributed by atoms with E-state index in [0.29, 0.717) is 16.0 Å². The molecule has 2 aromatic heterocycles. The van der Waals surface area contributed by atoms with Crippen LogP contribution in [0.5, 0.6) is 0 Å². The first-order valence-corrected chi connectivity index (χ1v) is 7.94. The summed E-state index contributed by atoms with van der Waals surface area (Å²) in [6.07, 6.45) is 0.951. The predicted octanol–water partition coefficient (Wildman–Crippen LogP) is 5.54. The lowest BCUT2D eigenvalue weighted by Gasteiger charge is -2.08. The summed E-state index contributed by atoms with van der Waals surface area (Å²) >= 11 is 14.1. The molecule has 5 heteroatoms. The SMILES string of the molecule is CCc1ccsc1-c1nc(Cl)c2ccc(Cl)c(C)c2n1. The number of halogens is 2. The monoisotopic (exact) mass is 322 g/mol. The number of benzene rings is 1. The van der Waals surface area contributed by atoms with Crippen molar-refractivity contribution in [1.82, 2.24) is 9.97 Å². The molecule has 0 atom stereocenters. The van der Waals surface area contributed by atoms with Gasteiger partial charge in [0.05, 0.1) is 10.4 Å². The Morgan fingerprint density at radius 1 is 1.15 bits per heavy atom. The first-order chi connectivity index (χ1) is 9.61. The van der Waals surface area contributed by atoms with Crippen molar-refractivity contribution < 1.29 is 0 Å². The summed E-state index contributed by atoms with van der Waals surface area (Å²) in [5.74, 6) is 0.680. The Labute approximate surface area is 131 Å². The summed E-state index contributed by atoms with van der Waals surface area (Å²) in [6, 6.07) is 5.80. The summed E-state index contributed by atoms with van der Waals surface area (Å²) < 4.78 is 0. The van der Waals surface area contributed by atoms with Gasteiger partial charge >= 0.3 is 0 Å². The summed E-state index contributed by atoms with van der Waals surface area (Å²) in [6.45, 7) is 4.07. The maximum absolute atomic E-state index is 6.31. The molecule has 3 aromatic rings. The van der Waals surface area contributed by atoms with Crippen LogP contribution in [0.25, 0.3) is 21.6 Å². The van der Waals surface area contributed by atoms with Crippen LogP contribution in [0.4, 0.5) is 0 Å². The van der Waals surface area contributed by atoms with Crippen molar-refractivity contribution in [1.29, 1.82) is 0 Å². The predicted molar refractivity (Wildman–Crippen MR) is 87.0 cm³/mol. The van der Waals surface area contributed by atoms with E-state index in [1.807, 2.05) is 19.1 Å². The number of rotatable bonds is 2. The molecule has 0 N–H and O–H groups in total. The Hall–Kier alpha value is -1.16. The van der Waals surface area contributed by atoms with Crippen molar-refractivity contribution >= 4 is 45.4 Å². The Bertz CT molecular complexity index is 796. The van der Waals surface area contributed by atoms with Crippen LogP contribution in [-0.2, 0) is 6.42 Å². The number of fused-ring (bicyclic) bond motifs is 1. The third kappa shape index (κ3) is 2.20. The summed E-state index contributed by atoms with van der Waals surface area (Å²) in [5.41, 5.74) is 3.00. The molecular weight excluding hydrogens is 311 g/mol. The molecule has 0 aliphatic rings. The van der Waals surface area contributed by atoms with E-state index in [9.17, 15) is 0 Å². The second-order valence-corrected chi connectivity index (χ2v) is 6.22. The zero-order valence-electron chi connectivity index (χ0n) is 11.1. The maximum Gasteiger partial charge on any atom is 0.171 e. The summed E-state index contributed by atoms with van der Waals surface area (Å²) in [4.78, 5) is 10.2. The number of thiophene rings is 1. The van der Waals surface area contributed by atoms with Gasteiger partial charge < -0.3 is 0 Å². The van der Waals surface area contributed by atoms with Gasteiger partial charge in [0.25, 0.3) is 0 Å². The first-order valence-electron chi connectivity index (χ1n) is 6.31. The van der Waals surface area contributed by atoms with Crippen molar-refractivity contribution in [3.63, 3.8) is 0 Å². The standard InChI is InChI=1S/C15H12Cl2N2S/c1-3-9-6-7-20-13(9)15-18-12-8(2)11(16)5-4-10(12)14(17)19-15/h4-7H,3H2,1-2H3. The number of nitrogens with zero attached hydrogens (tertiary/aromatic N) is 2. The molecule has 0 saturated carbocycles. The van der Waals surface area contributed by atoms with Gasteiger partial charge in [0.1, 0.15) is 5.15 Å². The van der Waals surface area contributed by atoms with Crippen LogP contribution in [0.15, 0.2) is 23.6 Å². The smallest absolute Gasteiger partial charge is 0.171 e. The fourth-order valence-electron chi connectivity index (χ4n) is 2.18. The second kappa shape index (κ2) is 5.32. The maximum atomic E-state index is 6.31. The van der Waals surface area contributed by atoms with E-state index >= 15 is 0 Å². The highest BCUT2D eigenvalue weighted by atomic mass is 35.5. The van der Waals surface area contributed by atoms with E-state index < -0.39 is 0 Å². The molecule has 0 saturated heterocycles. The van der Waals surface area contributed by atoms with E-state index in [4.69, 9.17) is 23.2 Å². The van der Waals surface area contributed by atoms with Gasteiger partial charge in [-0.05, 0) is 48.1 Å². The van der Waals surface area contributed by atoms with Gasteiger partial charge in [-0.2, -0.15) is 0 Å². The number of hydrogen-bond acceptors (Lipinski definition) is 3. The van der Waals surface area contributed by atoms with Crippen molar-refractivity contribution in [2.45, 2.75) is 20.3 Å². The third-order valence-corrected chi connectivity index (χ3v) is 4.99. The van der Waals surface area contributed by atoms with Crippen LogP contribution in [-0.4, -0.2) is 9.97 Å². The fourth-order valence-corrected chi connectivity index (χ4v) is 3.50. The molecule has 1 aromatic carbocycles. The van der Waals surface area contributed by atoms with E-state index in [0.717, 1.165) is 27.8 Å². The van der Waals surface area contributed by atoms with Crippen molar-refractivity contribution in [2.75, 3.05) is 0 Å². The average Bonchev–Trinajstić information content (AvgIpc) is 2.91. The van der Waals surface area contributed by atoms with Crippen molar-refractivity contribution in [3.8, 4) is 10.7 Å². The molecule has 102 valence electrons. The minimum Gasteiger partial charge on any atom is -0.227 e. The molecule has 0 spiro atoms. The minimum atomic E-state index is 0.472. The molecule has 0 bridgehead atoms. The Morgan fingerprint density at radius 2 is 1.95 bits per heavy atom. The van der Waals surface area contributed by atoms with Crippen molar-refractivity contribution in [3.05, 3.63) is 44.9 Å². The molecular formula is C15H12Cl2N2S. The summed E-state index contributed by atoms with van der Waals surface area (Å²) in [7, 11) is 0. The van der Waals surface area contributed by atoms with Crippen LogP contribution in [0, 0.1) is 6.92 Å². The van der Waals surface area contributed by atoms with Gasteiger partial charge in [0.15, 0.2) is 5.82 Å². The molecule has 3 rings (SSSR count). The second-order valence-electron chi connectivity index (χ2n) is 4.54. The van der Waals surface area contributed by atoms with E-state index in [2.05, 4.69) is 28.3 Å². The van der Waals surface area contributed by atoms with Gasteiger partial charge in [0, 0.05) is 10.4 Å². The van der Waals surface area contributed by atoms with Gasteiger partial charge in [-0.25, -0.2) is 9.97 Å². The Balaban J connectivity index is 2.31. The Kier molecular flexibility index (Phi) is 3.67. The molecule has 20 heavy (non-hydrogen) atoms. The molecule has 0 amide bonds. The molecule has 2 nitrogen and oxygen atoms in total. The summed E-state index contributed by atoms with van der Waals surface area (Å²) in [5, 5.41) is 4.06. The normalized spacial score (nSPS) is 11.2. The van der Waals surface area contributed by atoms with Gasteiger partial charge in [0.2, 0.25) is 0 Å². The molecule has 0 aliphatic carbocycles. The molecule has 0 radical (unpaired) electrons. The number of hydrogen-bond donors (Lipinski definition) is 0. The quantitative estimate of drug-likeness (QED) is 0.579. The average molecular weight is 323 g/mol. The highest BCUT2D eigenvalue weighted by Gasteiger charge is 2.14.